The molecule has 0 fully saturated rings. The lowest BCUT2D eigenvalue weighted by Gasteiger charge is -2.23. The van der Waals surface area contributed by atoms with Crippen molar-refractivity contribution in [2.45, 2.75) is 25.7 Å². The number of nitrogens with one attached hydrogen (secondary N) is 1. The molecule has 15 heteroatoms. The maximum Gasteiger partial charge on any atom is 0.573 e. The van der Waals surface area contributed by atoms with Gasteiger partial charge >= 0.3 is 24.8 Å². The molecule has 3 aromatic carbocycles. The highest BCUT2D eigenvalue weighted by Gasteiger charge is 2.32. The van der Waals surface area contributed by atoms with E-state index in [0.29, 0.717) is 0 Å². The molecule has 2 amide bonds. The Balaban J connectivity index is 1.84. The van der Waals surface area contributed by atoms with Crippen molar-refractivity contribution in [3.05, 3.63) is 83.9 Å². The summed E-state index contributed by atoms with van der Waals surface area (Å²) in [6.45, 7) is -0.467. The molecule has 9 nitrogen and oxygen atoms in total. The highest BCUT2D eigenvalue weighted by atomic mass is 19.4. The van der Waals surface area contributed by atoms with Crippen LogP contribution in [0.1, 0.15) is 22.3 Å². The lowest BCUT2D eigenvalue weighted by Crippen LogP contribution is -2.33. The number of anilines is 1. The van der Waals surface area contributed by atoms with Gasteiger partial charge in [0.15, 0.2) is 0 Å². The largest absolute Gasteiger partial charge is 0.573 e. The van der Waals surface area contributed by atoms with Crippen molar-refractivity contribution >= 4 is 23.7 Å². The highest BCUT2D eigenvalue weighted by molar-refractivity contribution is 5.95. The van der Waals surface area contributed by atoms with Gasteiger partial charge < -0.3 is 24.6 Å². The number of rotatable bonds is 10. The predicted octanol–water partition coefficient (Wildman–Crippen LogP) is 5.89. The van der Waals surface area contributed by atoms with Crippen molar-refractivity contribution in [1.29, 1.82) is 0 Å². The minimum Gasteiger partial charge on any atom is -0.481 e. The van der Waals surface area contributed by atoms with Crippen LogP contribution in [0.15, 0.2) is 72.8 Å². The summed E-state index contributed by atoms with van der Waals surface area (Å²) in [5, 5.41) is 11.1. The Morgan fingerprint density at radius 3 is 1.95 bits per heavy atom. The van der Waals surface area contributed by atoms with Crippen LogP contribution in [-0.2, 0) is 11.3 Å². The number of hydrogen-bond donors (Lipinski definition) is 2. The van der Waals surface area contributed by atoms with Crippen LogP contribution in [0.4, 0.5) is 36.8 Å². The number of carbonyl (C=O) groups is 3. The molecule has 2 N–H and O–H groups in total. The van der Waals surface area contributed by atoms with Gasteiger partial charge in [0.05, 0.1) is 13.0 Å². The smallest absolute Gasteiger partial charge is 0.481 e. The molecule has 0 bridgehead atoms. The summed E-state index contributed by atoms with van der Waals surface area (Å²) in [6, 6.07) is 14.0. The molecule has 0 aliphatic rings. The van der Waals surface area contributed by atoms with Crippen LogP contribution in [0.3, 0.4) is 0 Å². The zero-order valence-corrected chi connectivity index (χ0v) is 20.7. The van der Waals surface area contributed by atoms with Gasteiger partial charge in [0.25, 0.3) is 5.91 Å². The molecule has 0 unspecified atom stereocenters. The number of benzene rings is 3. The lowest BCUT2D eigenvalue weighted by atomic mass is 10.1. The van der Waals surface area contributed by atoms with Crippen LogP contribution in [-0.4, -0.2) is 42.3 Å². The Morgan fingerprint density at radius 2 is 1.37 bits per heavy atom. The van der Waals surface area contributed by atoms with Gasteiger partial charge in [-0.3, -0.25) is 14.5 Å². The lowest BCUT2D eigenvalue weighted by molar-refractivity contribution is -0.275. The Kier molecular flexibility index (Phi) is 9.65. The molecule has 0 atom stereocenters. The van der Waals surface area contributed by atoms with E-state index < -0.39 is 42.2 Å². The summed E-state index contributed by atoms with van der Waals surface area (Å²) < 4.78 is 88.2. The molecule has 0 spiro atoms. The highest BCUT2D eigenvalue weighted by Crippen LogP contribution is 2.28. The third-order valence-corrected chi connectivity index (χ3v) is 5.02. The monoisotopic (exact) mass is 586 g/mol. The first-order chi connectivity index (χ1) is 19.2. The molecule has 41 heavy (non-hydrogen) atoms. The van der Waals surface area contributed by atoms with Crippen LogP contribution >= 0.6 is 0 Å². The van der Waals surface area contributed by atoms with Crippen LogP contribution in [0.25, 0.3) is 0 Å². The van der Waals surface area contributed by atoms with E-state index in [9.17, 15) is 40.7 Å². The molecule has 0 heterocycles. The quantitative estimate of drug-likeness (QED) is 0.285. The minimum atomic E-state index is -4.96. The van der Waals surface area contributed by atoms with Crippen molar-refractivity contribution in [2.24, 2.45) is 0 Å². The first-order valence-electron chi connectivity index (χ1n) is 11.5. The summed E-state index contributed by atoms with van der Waals surface area (Å²) in [5.41, 5.74) is 0.442. The fourth-order valence-corrected chi connectivity index (χ4v) is 3.33. The Morgan fingerprint density at radius 1 is 0.780 bits per heavy atom. The summed E-state index contributed by atoms with van der Waals surface area (Å²) in [5.74, 6) is -2.98. The van der Waals surface area contributed by atoms with E-state index in [1.807, 2.05) is 0 Å². The first kappa shape index (κ1) is 30.6. The summed E-state index contributed by atoms with van der Waals surface area (Å²) in [7, 11) is 0. The molecule has 0 aromatic heterocycles. The zero-order valence-electron chi connectivity index (χ0n) is 20.7. The van der Waals surface area contributed by atoms with Gasteiger partial charge in [-0.2, -0.15) is 0 Å². The molecule has 0 aliphatic heterocycles. The Hall–Kier alpha value is -4.95. The molecule has 0 aliphatic carbocycles. The van der Waals surface area contributed by atoms with E-state index in [0.717, 1.165) is 41.3 Å². The van der Waals surface area contributed by atoms with Crippen molar-refractivity contribution in [3.8, 4) is 17.2 Å². The molecule has 3 rings (SSSR count). The van der Waals surface area contributed by atoms with Gasteiger partial charge in [-0.05, 0) is 66.2 Å². The van der Waals surface area contributed by atoms with Gasteiger partial charge in [0.2, 0.25) is 0 Å². The van der Waals surface area contributed by atoms with E-state index >= 15 is 0 Å². The van der Waals surface area contributed by atoms with Crippen molar-refractivity contribution in [1.82, 2.24) is 5.32 Å². The number of alkyl halides is 6. The van der Waals surface area contributed by atoms with Gasteiger partial charge in [-0.1, -0.05) is 12.1 Å². The van der Waals surface area contributed by atoms with Crippen LogP contribution in [0.5, 0.6) is 17.2 Å². The average Bonchev–Trinajstić information content (AvgIpc) is 2.86. The molecule has 0 radical (unpaired) electrons. The fourth-order valence-electron chi connectivity index (χ4n) is 3.33. The number of nitrogens with zero attached hydrogens (tertiary/aromatic N) is 1. The van der Waals surface area contributed by atoms with Gasteiger partial charge in [0.1, 0.15) is 17.2 Å². The molecule has 3 aromatic rings. The first-order valence-corrected chi connectivity index (χ1v) is 11.5. The number of hydrogen-bond acceptors (Lipinski definition) is 6. The van der Waals surface area contributed by atoms with Crippen molar-refractivity contribution in [2.75, 3.05) is 11.4 Å². The number of carboxylic acids is 1. The molecular weight excluding hydrogens is 566 g/mol. The maximum absolute atomic E-state index is 13.1. The molecular formula is C26H20F6N2O7. The number of halogens is 6. The van der Waals surface area contributed by atoms with E-state index in [2.05, 4.69) is 14.8 Å². The third-order valence-electron chi connectivity index (χ3n) is 5.02. The van der Waals surface area contributed by atoms with E-state index in [4.69, 9.17) is 9.84 Å². The number of aliphatic carboxylic acids is 1. The average molecular weight is 586 g/mol. The van der Waals surface area contributed by atoms with Gasteiger partial charge in [-0.15, -0.1) is 26.3 Å². The van der Waals surface area contributed by atoms with Crippen LogP contribution < -0.4 is 24.4 Å². The summed E-state index contributed by atoms with van der Waals surface area (Å²) >= 11 is 0. The van der Waals surface area contributed by atoms with Gasteiger partial charge in [-0.25, -0.2) is 4.79 Å². The van der Waals surface area contributed by atoms with Gasteiger partial charge in [0, 0.05) is 17.8 Å². The third kappa shape index (κ3) is 10.3. The van der Waals surface area contributed by atoms with Crippen LogP contribution in [0.2, 0.25) is 0 Å². The fraction of sp³-hybridized carbons (Fsp3) is 0.192. The molecule has 218 valence electrons. The van der Waals surface area contributed by atoms with E-state index in [-0.39, 0.29) is 42.1 Å². The summed E-state index contributed by atoms with van der Waals surface area (Å²) in [4.78, 5) is 37.0. The number of ether oxygens (including phenoxy) is 3. The standard InChI is InChI=1S/C26H20F6N2O7/c27-25(28,29)40-20-10-8-19(9-11-20)39-24(38)34(15-16-2-1-3-21(14-16)41-26(30,31)32)18-6-4-17(5-7-18)23(37)33-13-12-22(35)36/h1-11,14H,12-13,15H2,(H,33,37)(H,35,36). The normalized spacial score (nSPS) is 11.4. The second-order valence-electron chi connectivity index (χ2n) is 8.12. The topological polar surface area (TPSA) is 114 Å². The summed E-state index contributed by atoms with van der Waals surface area (Å²) in [6.07, 6.45) is -11.3. The predicted molar refractivity (Wildman–Crippen MR) is 129 cm³/mol. The minimum absolute atomic E-state index is 0.119. The molecule has 0 saturated heterocycles. The zero-order chi connectivity index (χ0) is 30.2. The van der Waals surface area contributed by atoms with Crippen molar-refractivity contribution < 1.29 is 60.0 Å². The number of carbonyl (C=O) groups excluding carboxylic acids is 2. The Labute approximate surface area is 227 Å². The van der Waals surface area contributed by atoms with Crippen LogP contribution in [0, 0.1) is 0 Å². The van der Waals surface area contributed by atoms with E-state index in [1.54, 1.807) is 0 Å². The van der Waals surface area contributed by atoms with E-state index in [1.165, 1.54) is 36.4 Å². The number of amides is 2. The van der Waals surface area contributed by atoms with Crippen molar-refractivity contribution in [3.63, 3.8) is 0 Å². The second-order valence-corrected chi connectivity index (χ2v) is 8.12. The second kappa shape index (κ2) is 12.9. The SMILES string of the molecule is O=C(O)CCNC(=O)c1ccc(N(Cc2cccc(OC(F)(F)F)c2)C(=O)Oc2ccc(OC(F)(F)F)cc2)cc1. The Bertz CT molecular complexity index is 1360. The number of carboxylic acid groups (broad SMARTS) is 1. The maximum atomic E-state index is 13.1. The molecule has 0 saturated carbocycles.